The first-order valence-electron chi connectivity index (χ1n) is 6.84. The van der Waals surface area contributed by atoms with Crippen molar-refractivity contribution in [3.8, 4) is 0 Å². The quantitative estimate of drug-likeness (QED) is 0.871. The second kappa shape index (κ2) is 4.52. The molecule has 2 fully saturated rings. The van der Waals surface area contributed by atoms with Gasteiger partial charge in [-0.25, -0.2) is 4.79 Å². The highest BCUT2D eigenvalue weighted by Gasteiger charge is 2.33. The van der Waals surface area contributed by atoms with Crippen LogP contribution in [0.4, 0.5) is 5.82 Å². The van der Waals surface area contributed by atoms with Crippen LogP contribution < -0.4 is 4.90 Å². The molecule has 1 aromatic rings. The van der Waals surface area contributed by atoms with Crippen LogP contribution in [0.2, 0.25) is 0 Å². The Bertz CT molecular complexity index is 499. The molecule has 6 nitrogen and oxygen atoms in total. The molecule has 6 heteroatoms. The van der Waals surface area contributed by atoms with Gasteiger partial charge in [0, 0.05) is 39.3 Å². The third-order valence-corrected chi connectivity index (χ3v) is 4.08. The fourth-order valence-electron chi connectivity index (χ4n) is 3.00. The van der Waals surface area contributed by atoms with E-state index in [1.54, 1.807) is 11.6 Å². The zero-order valence-electron chi connectivity index (χ0n) is 11.5. The maximum atomic E-state index is 11.4. The van der Waals surface area contributed by atoms with Crippen molar-refractivity contribution in [2.75, 3.05) is 31.1 Å². The van der Waals surface area contributed by atoms with Crippen LogP contribution in [0.1, 0.15) is 28.9 Å². The third-order valence-electron chi connectivity index (χ3n) is 4.08. The minimum atomic E-state index is -0.884. The molecule has 2 heterocycles. The topological polar surface area (TPSA) is 61.6 Å². The second-order valence-corrected chi connectivity index (χ2v) is 5.47. The van der Waals surface area contributed by atoms with Crippen molar-refractivity contribution in [2.24, 2.45) is 7.05 Å². The van der Waals surface area contributed by atoms with E-state index in [0.717, 1.165) is 38.0 Å². The largest absolute Gasteiger partial charge is 0.477 e. The number of anilines is 1. The molecule has 0 spiro atoms. The molecule has 1 aliphatic heterocycles. The number of aryl methyl sites for hydroxylation is 2. The molecular weight excluding hydrogens is 244 g/mol. The van der Waals surface area contributed by atoms with E-state index in [9.17, 15) is 9.90 Å². The van der Waals surface area contributed by atoms with Gasteiger partial charge in [-0.2, -0.15) is 5.10 Å². The van der Waals surface area contributed by atoms with Gasteiger partial charge in [0.25, 0.3) is 0 Å². The van der Waals surface area contributed by atoms with Crippen LogP contribution in [0, 0.1) is 6.92 Å². The van der Waals surface area contributed by atoms with Gasteiger partial charge < -0.3 is 10.0 Å². The van der Waals surface area contributed by atoms with Crippen LogP contribution in [0.15, 0.2) is 0 Å². The summed E-state index contributed by atoms with van der Waals surface area (Å²) in [6.45, 7) is 5.57. The molecule has 1 aliphatic carbocycles. The van der Waals surface area contributed by atoms with Gasteiger partial charge in [-0.1, -0.05) is 0 Å². The molecule has 3 rings (SSSR count). The third kappa shape index (κ3) is 2.20. The molecule has 104 valence electrons. The molecule has 1 aromatic heterocycles. The normalized spacial score (nSPS) is 20.8. The summed E-state index contributed by atoms with van der Waals surface area (Å²) in [5, 5.41) is 13.6. The minimum Gasteiger partial charge on any atom is -0.477 e. The number of carboxylic acids is 1. The average Bonchev–Trinajstić information content (AvgIpc) is 3.15. The summed E-state index contributed by atoms with van der Waals surface area (Å²) in [5.74, 6) is -0.134. The average molecular weight is 264 g/mol. The van der Waals surface area contributed by atoms with Crippen LogP contribution in [0.25, 0.3) is 0 Å². The molecule has 0 unspecified atom stereocenters. The van der Waals surface area contributed by atoms with Gasteiger partial charge in [0.15, 0.2) is 0 Å². The summed E-state index contributed by atoms with van der Waals surface area (Å²) >= 11 is 0. The highest BCUT2D eigenvalue weighted by atomic mass is 16.4. The summed E-state index contributed by atoms with van der Waals surface area (Å²) in [5.41, 5.74) is 0.942. The molecule has 1 saturated carbocycles. The number of hydrogen-bond donors (Lipinski definition) is 1. The first-order chi connectivity index (χ1) is 9.08. The maximum absolute atomic E-state index is 11.4. The molecular formula is C13H20N4O2. The van der Waals surface area contributed by atoms with Crippen LogP contribution in [0.5, 0.6) is 0 Å². The summed E-state index contributed by atoms with van der Waals surface area (Å²) in [4.78, 5) is 16.1. The van der Waals surface area contributed by atoms with Crippen molar-refractivity contribution < 1.29 is 9.90 Å². The smallest absolute Gasteiger partial charge is 0.341 e. The molecule has 0 bridgehead atoms. The van der Waals surface area contributed by atoms with Crippen LogP contribution in [0.3, 0.4) is 0 Å². The van der Waals surface area contributed by atoms with E-state index in [4.69, 9.17) is 0 Å². The SMILES string of the molecule is Cc1nn(C)c(N2CCN(C3CC3)CC2)c1C(=O)O. The molecule has 0 amide bonds. The number of carboxylic acid groups (broad SMARTS) is 1. The Morgan fingerprint density at radius 2 is 1.89 bits per heavy atom. The Balaban J connectivity index is 1.80. The van der Waals surface area contributed by atoms with E-state index < -0.39 is 5.97 Å². The highest BCUT2D eigenvalue weighted by Crippen LogP contribution is 2.29. The standard InChI is InChI=1S/C13H20N4O2/c1-9-11(13(18)19)12(15(2)14-9)17-7-5-16(6-8-17)10-3-4-10/h10H,3-8H2,1-2H3,(H,18,19). The molecule has 0 aromatic carbocycles. The van der Waals surface area contributed by atoms with Crippen molar-refractivity contribution >= 4 is 11.8 Å². The second-order valence-electron chi connectivity index (χ2n) is 5.47. The lowest BCUT2D eigenvalue weighted by molar-refractivity contribution is 0.0696. The Morgan fingerprint density at radius 3 is 2.42 bits per heavy atom. The molecule has 0 radical (unpaired) electrons. The maximum Gasteiger partial charge on any atom is 0.341 e. The fraction of sp³-hybridized carbons (Fsp3) is 0.692. The predicted octanol–water partition coefficient (Wildman–Crippen LogP) is 0.711. The predicted molar refractivity (Wildman–Crippen MR) is 71.7 cm³/mol. The van der Waals surface area contributed by atoms with Crippen LogP contribution >= 0.6 is 0 Å². The van der Waals surface area contributed by atoms with E-state index in [-0.39, 0.29) is 0 Å². The number of rotatable bonds is 3. The van der Waals surface area contributed by atoms with Crippen molar-refractivity contribution in [3.63, 3.8) is 0 Å². The highest BCUT2D eigenvalue weighted by molar-refractivity contribution is 5.94. The number of nitrogens with zero attached hydrogens (tertiary/aromatic N) is 4. The summed E-state index contributed by atoms with van der Waals surface area (Å²) in [6, 6.07) is 0.786. The Morgan fingerprint density at radius 1 is 1.26 bits per heavy atom. The van der Waals surface area contributed by atoms with E-state index in [1.807, 2.05) is 7.05 Å². The number of piperazine rings is 1. The Kier molecular flexibility index (Phi) is 2.97. The Hall–Kier alpha value is -1.56. The summed E-state index contributed by atoms with van der Waals surface area (Å²) in [7, 11) is 1.82. The number of aromatic carboxylic acids is 1. The van der Waals surface area contributed by atoms with Gasteiger partial charge in [0.05, 0.1) is 5.69 Å². The summed E-state index contributed by atoms with van der Waals surface area (Å²) < 4.78 is 1.70. The van der Waals surface area contributed by atoms with Gasteiger partial charge in [-0.15, -0.1) is 0 Å². The van der Waals surface area contributed by atoms with Gasteiger partial charge in [-0.05, 0) is 19.8 Å². The van der Waals surface area contributed by atoms with E-state index in [0.29, 0.717) is 11.3 Å². The minimum absolute atomic E-state index is 0.349. The first kappa shape index (κ1) is 12.5. The van der Waals surface area contributed by atoms with Crippen molar-refractivity contribution in [1.29, 1.82) is 0 Å². The summed E-state index contributed by atoms with van der Waals surface area (Å²) in [6.07, 6.45) is 2.65. The molecule has 0 atom stereocenters. The van der Waals surface area contributed by atoms with E-state index in [2.05, 4.69) is 14.9 Å². The number of hydrogen-bond acceptors (Lipinski definition) is 4. The zero-order chi connectivity index (χ0) is 13.6. The van der Waals surface area contributed by atoms with Crippen molar-refractivity contribution in [2.45, 2.75) is 25.8 Å². The van der Waals surface area contributed by atoms with Crippen molar-refractivity contribution in [3.05, 3.63) is 11.3 Å². The number of aromatic nitrogens is 2. The first-order valence-corrected chi connectivity index (χ1v) is 6.84. The molecule has 19 heavy (non-hydrogen) atoms. The zero-order valence-corrected chi connectivity index (χ0v) is 11.5. The molecule has 1 N–H and O–H groups in total. The van der Waals surface area contributed by atoms with E-state index >= 15 is 0 Å². The van der Waals surface area contributed by atoms with Crippen molar-refractivity contribution in [1.82, 2.24) is 14.7 Å². The fourth-order valence-corrected chi connectivity index (χ4v) is 3.00. The monoisotopic (exact) mass is 264 g/mol. The lowest BCUT2D eigenvalue weighted by atomic mass is 10.2. The van der Waals surface area contributed by atoms with Gasteiger partial charge in [-0.3, -0.25) is 9.58 Å². The van der Waals surface area contributed by atoms with Gasteiger partial charge >= 0.3 is 5.97 Å². The van der Waals surface area contributed by atoms with E-state index in [1.165, 1.54) is 12.8 Å². The molecule has 2 aliphatic rings. The lowest BCUT2D eigenvalue weighted by Gasteiger charge is -2.36. The van der Waals surface area contributed by atoms with Crippen LogP contribution in [-0.4, -0.2) is 58.0 Å². The lowest BCUT2D eigenvalue weighted by Crippen LogP contribution is -2.48. The van der Waals surface area contributed by atoms with Gasteiger partial charge in [0.1, 0.15) is 11.4 Å². The van der Waals surface area contributed by atoms with Crippen LogP contribution in [-0.2, 0) is 7.05 Å². The molecule has 1 saturated heterocycles. The van der Waals surface area contributed by atoms with Gasteiger partial charge in [0.2, 0.25) is 0 Å². The Labute approximate surface area is 112 Å². The number of carbonyl (C=O) groups is 1.